The normalized spacial score (nSPS) is 16.8. The SMILES string of the molecule is CCN(Cc1ccco1)C(=O)[C@H]1Cc2ccccc2C(=O)O1. The number of benzene rings is 1. The lowest BCUT2D eigenvalue weighted by molar-refractivity contribution is -0.141. The van der Waals surface area contributed by atoms with Gasteiger partial charge in [0.25, 0.3) is 5.91 Å². The summed E-state index contributed by atoms with van der Waals surface area (Å²) in [7, 11) is 0. The number of esters is 1. The van der Waals surface area contributed by atoms with Crippen LogP contribution >= 0.6 is 0 Å². The zero-order valence-corrected chi connectivity index (χ0v) is 12.3. The van der Waals surface area contributed by atoms with Gasteiger partial charge in [-0.25, -0.2) is 4.79 Å². The van der Waals surface area contributed by atoms with Gasteiger partial charge < -0.3 is 14.1 Å². The smallest absolute Gasteiger partial charge is 0.339 e. The van der Waals surface area contributed by atoms with E-state index in [1.807, 2.05) is 25.1 Å². The van der Waals surface area contributed by atoms with E-state index in [4.69, 9.17) is 9.15 Å². The summed E-state index contributed by atoms with van der Waals surface area (Å²) >= 11 is 0. The van der Waals surface area contributed by atoms with E-state index in [-0.39, 0.29) is 5.91 Å². The number of fused-ring (bicyclic) bond motifs is 1. The van der Waals surface area contributed by atoms with Gasteiger partial charge >= 0.3 is 5.97 Å². The molecular weight excluding hydrogens is 282 g/mol. The molecule has 1 aliphatic heterocycles. The Morgan fingerprint density at radius 3 is 2.82 bits per heavy atom. The van der Waals surface area contributed by atoms with E-state index >= 15 is 0 Å². The quantitative estimate of drug-likeness (QED) is 0.813. The van der Waals surface area contributed by atoms with E-state index in [2.05, 4.69) is 0 Å². The molecule has 0 N–H and O–H groups in total. The molecule has 1 atom stereocenters. The third kappa shape index (κ3) is 2.74. The highest BCUT2D eigenvalue weighted by molar-refractivity contribution is 5.95. The van der Waals surface area contributed by atoms with Crippen molar-refractivity contribution in [2.75, 3.05) is 6.54 Å². The maximum Gasteiger partial charge on any atom is 0.339 e. The summed E-state index contributed by atoms with van der Waals surface area (Å²) in [5.74, 6) is 0.0775. The lowest BCUT2D eigenvalue weighted by atomic mass is 9.98. The first-order chi connectivity index (χ1) is 10.7. The Morgan fingerprint density at radius 1 is 1.27 bits per heavy atom. The number of rotatable bonds is 4. The Hall–Kier alpha value is -2.56. The van der Waals surface area contributed by atoms with Gasteiger partial charge in [-0.3, -0.25) is 4.79 Å². The molecule has 0 aliphatic carbocycles. The van der Waals surface area contributed by atoms with E-state index in [9.17, 15) is 9.59 Å². The molecule has 0 saturated carbocycles. The van der Waals surface area contributed by atoms with Crippen LogP contribution in [0.1, 0.15) is 28.6 Å². The number of likely N-dealkylation sites (N-methyl/N-ethyl adjacent to an activating group) is 1. The van der Waals surface area contributed by atoms with Crippen LogP contribution in [0.4, 0.5) is 0 Å². The van der Waals surface area contributed by atoms with Crippen LogP contribution in [0.15, 0.2) is 47.1 Å². The van der Waals surface area contributed by atoms with Crippen LogP contribution in [0.3, 0.4) is 0 Å². The number of ether oxygens (including phenoxy) is 1. The van der Waals surface area contributed by atoms with Gasteiger partial charge in [0.1, 0.15) is 5.76 Å². The van der Waals surface area contributed by atoms with Crippen molar-refractivity contribution in [3.05, 3.63) is 59.5 Å². The summed E-state index contributed by atoms with van der Waals surface area (Å²) in [6.07, 6.45) is 1.22. The number of cyclic esters (lactones) is 1. The van der Waals surface area contributed by atoms with Crippen LogP contribution in [-0.2, 0) is 22.5 Å². The molecule has 2 heterocycles. The lowest BCUT2D eigenvalue weighted by Crippen LogP contribution is -2.44. The van der Waals surface area contributed by atoms with Gasteiger partial charge in [-0.1, -0.05) is 18.2 Å². The van der Waals surface area contributed by atoms with Gasteiger partial charge in [-0.05, 0) is 30.7 Å². The Labute approximate surface area is 128 Å². The van der Waals surface area contributed by atoms with Crippen LogP contribution in [0, 0.1) is 0 Å². The van der Waals surface area contributed by atoms with E-state index < -0.39 is 12.1 Å². The highest BCUT2D eigenvalue weighted by Crippen LogP contribution is 2.22. The van der Waals surface area contributed by atoms with Crippen LogP contribution in [0.25, 0.3) is 0 Å². The number of hydrogen-bond donors (Lipinski definition) is 0. The van der Waals surface area contributed by atoms with Gasteiger partial charge in [-0.2, -0.15) is 0 Å². The summed E-state index contributed by atoms with van der Waals surface area (Å²) in [6, 6.07) is 10.8. The zero-order chi connectivity index (χ0) is 15.5. The van der Waals surface area contributed by atoms with Gasteiger partial charge in [0, 0.05) is 13.0 Å². The third-order valence-electron chi connectivity index (χ3n) is 3.79. The average molecular weight is 299 g/mol. The molecule has 0 unspecified atom stereocenters. The zero-order valence-electron chi connectivity index (χ0n) is 12.3. The Morgan fingerprint density at radius 2 is 2.09 bits per heavy atom. The number of carbonyl (C=O) groups is 2. The van der Waals surface area contributed by atoms with E-state index in [0.717, 1.165) is 5.56 Å². The number of furan rings is 1. The molecule has 0 bridgehead atoms. The minimum Gasteiger partial charge on any atom is -0.467 e. The van der Waals surface area contributed by atoms with Crippen molar-refractivity contribution in [3.63, 3.8) is 0 Å². The molecule has 3 rings (SSSR count). The molecule has 0 radical (unpaired) electrons. The van der Waals surface area contributed by atoms with Crippen LogP contribution < -0.4 is 0 Å². The molecule has 1 aromatic heterocycles. The standard InChI is InChI=1S/C17H17NO4/c1-2-18(11-13-7-5-9-21-13)16(19)15-10-12-6-3-4-8-14(12)17(20)22-15/h3-9,15H,2,10-11H2,1H3/t15-/m1/s1. The number of carbonyl (C=O) groups excluding carboxylic acids is 2. The van der Waals surface area contributed by atoms with Gasteiger partial charge in [0.2, 0.25) is 0 Å². The highest BCUT2D eigenvalue weighted by atomic mass is 16.5. The molecule has 1 amide bonds. The van der Waals surface area contributed by atoms with Gasteiger partial charge in [-0.15, -0.1) is 0 Å². The summed E-state index contributed by atoms with van der Waals surface area (Å²) in [6.45, 7) is 2.78. The first-order valence-electron chi connectivity index (χ1n) is 7.29. The molecule has 0 spiro atoms. The number of amides is 1. The predicted molar refractivity (Wildman–Crippen MR) is 79.1 cm³/mol. The highest BCUT2D eigenvalue weighted by Gasteiger charge is 2.33. The fourth-order valence-electron chi connectivity index (χ4n) is 2.61. The number of hydrogen-bond acceptors (Lipinski definition) is 4. The third-order valence-corrected chi connectivity index (χ3v) is 3.79. The molecule has 5 nitrogen and oxygen atoms in total. The van der Waals surface area contributed by atoms with Crippen molar-refractivity contribution >= 4 is 11.9 Å². The maximum absolute atomic E-state index is 12.6. The minimum absolute atomic E-state index is 0.193. The lowest BCUT2D eigenvalue weighted by Gasteiger charge is -2.28. The average Bonchev–Trinajstić information content (AvgIpc) is 3.05. The van der Waals surface area contributed by atoms with Crippen LogP contribution in [0.2, 0.25) is 0 Å². The van der Waals surface area contributed by atoms with Crippen molar-refractivity contribution in [1.82, 2.24) is 4.90 Å². The van der Waals surface area contributed by atoms with Gasteiger partial charge in [0.15, 0.2) is 6.10 Å². The second-order valence-electron chi connectivity index (χ2n) is 5.19. The molecule has 114 valence electrons. The molecule has 2 aromatic rings. The second kappa shape index (κ2) is 6.05. The summed E-state index contributed by atoms with van der Waals surface area (Å²) in [5.41, 5.74) is 1.40. The molecular formula is C17H17NO4. The fourth-order valence-corrected chi connectivity index (χ4v) is 2.61. The first-order valence-corrected chi connectivity index (χ1v) is 7.29. The molecule has 5 heteroatoms. The fraction of sp³-hybridized carbons (Fsp3) is 0.294. The van der Waals surface area contributed by atoms with Crippen molar-refractivity contribution < 1.29 is 18.7 Å². The largest absolute Gasteiger partial charge is 0.467 e. The first kappa shape index (κ1) is 14.4. The molecule has 0 saturated heterocycles. The Balaban J connectivity index is 1.76. The second-order valence-corrected chi connectivity index (χ2v) is 5.19. The van der Waals surface area contributed by atoms with Crippen LogP contribution in [0.5, 0.6) is 0 Å². The maximum atomic E-state index is 12.6. The molecule has 0 fully saturated rings. The van der Waals surface area contributed by atoms with Crippen molar-refractivity contribution in [2.24, 2.45) is 0 Å². The van der Waals surface area contributed by atoms with E-state index in [1.165, 1.54) is 0 Å². The summed E-state index contributed by atoms with van der Waals surface area (Å²) in [4.78, 5) is 26.3. The monoisotopic (exact) mass is 299 g/mol. The van der Waals surface area contributed by atoms with Crippen LogP contribution in [-0.4, -0.2) is 29.4 Å². The van der Waals surface area contributed by atoms with E-state index in [0.29, 0.717) is 30.8 Å². The Kier molecular flexibility index (Phi) is 3.96. The minimum atomic E-state index is -0.766. The predicted octanol–water partition coefficient (Wildman–Crippen LogP) is 2.41. The van der Waals surface area contributed by atoms with Gasteiger partial charge in [0.05, 0.1) is 18.4 Å². The van der Waals surface area contributed by atoms with E-state index in [1.54, 1.807) is 29.4 Å². The molecule has 1 aliphatic rings. The molecule has 1 aromatic carbocycles. The Bertz CT molecular complexity index is 678. The topological polar surface area (TPSA) is 59.8 Å². The van der Waals surface area contributed by atoms with Crippen molar-refractivity contribution in [1.29, 1.82) is 0 Å². The van der Waals surface area contributed by atoms with Crippen molar-refractivity contribution in [3.8, 4) is 0 Å². The number of nitrogens with zero attached hydrogens (tertiary/aromatic N) is 1. The summed E-state index contributed by atoms with van der Waals surface area (Å²) in [5, 5.41) is 0. The van der Waals surface area contributed by atoms with Crippen molar-refractivity contribution in [2.45, 2.75) is 26.0 Å². The summed E-state index contributed by atoms with van der Waals surface area (Å²) < 4.78 is 10.6. The molecule has 22 heavy (non-hydrogen) atoms.